The predicted octanol–water partition coefficient (Wildman–Crippen LogP) is 2.60. The van der Waals surface area contributed by atoms with Crippen LogP contribution in [0, 0.1) is 0 Å². The first kappa shape index (κ1) is 20.2. The smallest absolute Gasteiger partial charge is 0.339 e. The topological polar surface area (TPSA) is 82.1 Å². The number of amides is 1. The van der Waals surface area contributed by atoms with E-state index in [1.54, 1.807) is 41.3 Å². The van der Waals surface area contributed by atoms with E-state index < -0.39 is 10.1 Å². The van der Waals surface area contributed by atoms with Crippen molar-refractivity contribution < 1.29 is 26.9 Å². The fourth-order valence-corrected chi connectivity index (χ4v) is 3.79. The summed E-state index contributed by atoms with van der Waals surface area (Å²) >= 11 is 0. The molecule has 1 fully saturated rings. The number of benzene rings is 2. The van der Waals surface area contributed by atoms with Crippen molar-refractivity contribution >= 4 is 16.0 Å². The summed E-state index contributed by atoms with van der Waals surface area (Å²) in [5, 5.41) is 0. The summed E-state index contributed by atoms with van der Waals surface area (Å²) < 4.78 is 40.7. The van der Waals surface area contributed by atoms with Gasteiger partial charge in [0, 0.05) is 25.3 Å². The number of ether oxygens (including phenoxy) is 2. The van der Waals surface area contributed by atoms with Crippen molar-refractivity contribution in [3.8, 4) is 11.5 Å². The summed E-state index contributed by atoms with van der Waals surface area (Å²) in [5.41, 5.74) is 0.621. The molecule has 7 nitrogen and oxygen atoms in total. The minimum absolute atomic E-state index is 0.0102. The molecular formula is C20H23NO6S. The Morgan fingerprint density at radius 1 is 1.07 bits per heavy atom. The number of rotatable bonds is 9. The highest BCUT2D eigenvalue weighted by molar-refractivity contribution is 7.87. The molecule has 150 valence electrons. The summed E-state index contributed by atoms with van der Waals surface area (Å²) in [6.07, 6.45) is 1.87. The van der Waals surface area contributed by atoms with Crippen molar-refractivity contribution in [2.45, 2.75) is 30.3 Å². The molecule has 0 atom stereocenters. The Balaban J connectivity index is 1.82. The molecule has 2 aromatic rings. The maximum absolute atomic E-state index is 12.7. The molecule has 2 aromatic carbocycles. The highest BCUT2D eigenvalue weighted by atomic mass is 32.2. The second-order valence-corrected chi connectivity index (χ2v) is 8.05. The normalized spacial score (nSPS) is 13.8. The molecule has 8 heteroatoms. The highest BCUT2D eigenvalue weighted by Crippen LogP contribution is 2.31. The van der Waals surface area contributed by atoms with Crippen molar-refractivity contribution in [3.63, 3.8) is 0 Å². The number of carbonyl (C=O) groups excluding carboxylic acids is 1. The number of hydrogen-bond acceptors (Lipinski definition) is 6. The fraction of sp³-hybridized carbons (Fsp3) is 0.350. The zero-order valence-corrected chi connectivity index (χ0v) is 16.6. The maximum Gasteiger partial charge on any atom is 0.339 e. The second-order valence-electron chi connectivity index (χ2n) is 6.51. The Kier molecular flexibility index (Phi) is 6.21. The van der Waals surface area contributed by atoms with E-state index in [-0.39, 0.29) is 35.7 Å². The Morgan fingerprint density at radius 3 is 2.36 bits per heavy atom. The average molecular weight is 405 g/mol. The van der Waals surface area contributed by atoms with E-state index in [2.05, 4.69) is 0 Å². The quantitative estimate of drug-likeness (QED) is 0.597. The third kappa shape index (κ3) is 4.82. The standard InChI is InChI=1S/C20H23NO6S/c1-25-14-20(22)21(16-7-8-16)13-15-5-3-4-6-19(15)27-28(23,24)18-11-9-17(26-2)10-12-18/h3-6,9-12,16H,7-8,13-14H2,1-2H3. The van der Waals surface area contributed by atoms with Gasteiger partial charge >= 0.3 is 10.1 Å². The molecule has 1 aliphatic carbocycles. The minimum Gasteiger partial charge on any atom is -0.497 e. The van der Waals surface area contributed by atoms with Gasteiger partial charge in [-0.15, -0.1) is 0 Å². The van der Waals surface area contributed by atoms with E-state index in [9.17, 15) is 13.2 Å². The molecule has 28 heavy (non-hydrogen) atoms. The third-order valence-corrected chi connectivity index (χ3v) is 5.69. The van der Waals surface area contributed by atoms with Gasteiger partial charge in [-0.05, 0) is 43.2 Å². The van der Waals surface area contributed by atoms with E-state index in [0.717, 1.165) is 12.8 Å². The van der Waals surface area contributed by atoms with Crippen LogP contribution in [0.5, 0.6) is 11.5 Å². The van der Waals surface area contributed by atoms with E-state index >= 15 is 0 Å². The van der Waals surface area contributed by atoms with E-state index in [4.69, 9.17) is 13.7 Å². The molecule has 0 bridgehead atoms. The molecule has 0 saturated heterocycles. The van der Waals surface area contributed by atoms with Gasteiger partial charge < -0.3 is 18.6 Å². The van der Waals surface area contributed by atoms with Gasteiger partial charge in [-0.25, -0.2) is 0 Å². The molecule has 0 heterocycles. The predicted molar refractivity (Wildman–Crippen MR) is 103 cm³/mol. The van der Waals surface area contributed by atoms with Crippen molar-refractivity contribution in [2.24, 2.45) is 0 Å². The summed E-state index contributed by atoms with van der Waals surface area (Å²) in [7, 11) is -1.04. The van der Waals surface area contributed by atoms with Crippen molar-refractivity contribution in [2.75, 3.05) is 20.8 Å². The lowest BCUT2D eigenvalue weighted by Gasteiger charge is -2.23. The van der Waals surface area contributed by atoms with Crippen molar-refractivity contribution in [3.05, 3.63) is 54.1 Å². The summed E-state index contributed by atoms with van der Waals surface area (Å²) in [6.45, 7) is 0.255. The zero-order chi connectivity index (χ0) is 20.1. The van der Waals surface area contributed by atoms with Crippen LogP contribution in [0.4, 0.5) is 0 Å². The van der Waals surface area contributed by atoms with E-state index in [0.29, 0.717) is 11.3 Å². The number of methoxy groups -OCH3 is 2. The van der Waals surface area contributed by atoms with Gasteiger partial charge in [-0.2, -0.15) is 8.42 Å². The Morgan fingerprint density at radius 2 is 1.75 bits per heavy atom. The molecule has 1 saturated carbocycles. The molecule has 0 aromatic heterocycles. The van der Waals surface area contributed by atoms with Crippen LogP contribution in [-0.4, -0.2) is 46.1 Å². The lowest BCUT2D eigenvalue weighted by Crippen LogP contribution is -2.35. The SMILES string of the molecule is COCC(=O)N(Cc1ccccc1OS(=O)(=O)c1ccc(OC)cc1)C1CC1. The van der Waals surface area contributed by atoms with Gasteiger partial charge in [0.05, 0.1) is 7.11 Å². The molecule has 3 rings (SSSR count). The average Bonchev–Trinajstić information content (AvgIpc) is 3.52. The number of hydrogen-bond donors (Lipinski definition) is 0. The van der Waals surface area contributed by atoms with E-state index in [1.165, 1.54) is 26.4 Å². The van der Waals surface area contributed by atoms with Gasteiger partial charge in [0.1, 0.15) is 23.0 Å². The molecule has 1 amide bonds. The Labute approximate surface area is 164 Å². The molecule has 0 unspecified atom stereocenters. The molecular weight excluding hydrogens is 382 g/mol. The molecule has 1 aliphatic rings. The Bertz CT molecular complexity index is 922. The monoisotopic (exact) mass is 405 g/mol. The van der Waals surface area contributed by atoms with Crippen LogP contribution in [0.25, 0.3) is 0 Å². The summed E-state index contributed by atoms with van der Waals surface area (Å²) in [6, 6.07) is 12.9. The molecule has 0 N–H and O–H groups in total. The number of para-hydroxylation sites is 1. The van der Waals surface area contributed by atoms with Crippen LogP contribution in [0.15, 0.2) is 53.4 Å². The van der Waals surface area contributed by atoms with Gasteiger partial charge in [-0.1, -0.05) is 18.2 Å². The molecule has 0 radical (unpaired) electrons. The lowest BCUT2D eigenvalue weighted by molar-refractivity contribution is -0.136. The molecule has 0 aliphatic heterocycles. The largest absolute Gasteiger partial charge is 0.497 e. The first-order chi connectivity index (χ1) is 13.4. The van der Waals surface area contributed by atoms with Gasteiger partial charge in [0.25, 0.3) is 0 Å². The summed E-state index contributed by atoms with van der Waals surface area (Å²) in [5.74, 6) is 0.628. The minimum atomic E-state index is -4.02. The van der Waals surface area contributed by atoms with Crippen LogP contribution in [-0.2, 0) is 26.2 Å². The van der Waals surface area contributed by atoms with Crippen molar-refractivity contribution in [1.29, 1.82) is 0 Å². The van der Waals surface area contributed by atoms with Crippen LogP contribution in [0.3, 0.4) is 0 Å². The van der Waals surface area contributed by atoms with Gasteiger partial charge in [0.2, 0.25) is 5.91 Å². The van der Waals surface area contributed by atoms with Crippen molar-refractivity contribution in [1.82, 2.24) is 4.90 Å². The number of nitrogens with zero attached hydrogens (tertiary/aromatic N) is 1. The lowest BCUT2D eigenvalue weighted by atomic mass is 10.2. The van der Waals surface area contributed by atoms with Gasteiger partial charge in [0.15, 0.2) is 0 Å². The summed E-state index contributed by atoms with van der Waals surface area (Å²) in [4.78, 5) is 14.1. The van der Waals surface area contributed by atoms with Crippen LogP contribution < -0.4 is 8.92 Å². The van der Waals surface area contributed by atoms with Crippen LogP contribution >= 0.6 is 0 Å². The fourth-order valence-electron chi connectivity index (χ4n) is 2.82. The second kappa shape index (κ2) is 8.62. The first-order valence-electron chi connectivity index (χ1n) is 8.89. The van der Waals surface area contributed by atoms with Crippen LogP contribution in [0.1, 0.15) is 18.4 Å². The Hall–Kier alpha value is -2.58. The van der Waals surface area contributed by atoms with Gasteiger partial charge in [-0.3, -0.25) is 4.79 Å². The molecule has 0 spiro atoms. The van der Waals surface area contributed by atoms with E-state index in [1.807, 2.05) is 0 Å². The first-order valence-corrected chi connectivity index (χ1v) is 10.3. The third-order valence-electron chi connectivity index (χ3n) is 4.44. The maximum atomic E-state index is 12.7. The van der Waals surface area contributed by atoms with Crippen LogP contribution in [0.2, 0.25) is 0 Å². The number of carbonyl (C=O) groups is 1. The highest BCUT2D eigenvalue weighted by Gasteiger charge is 2.33. The zero-order valence-electron chi connectivity index (χ0n) is 15.8.